The minimum atomic E-state index is -0.836. The highest BCUT2D eigenvalue weighted by Gasteiger charge is 2.16. The second-order valence-electron chi connectivity index (χ2n) is 5.68. The first-order chi connectivity index (χ1) is 9.88. The number of nitrogens with one attached hydrogen (secondary N) is 3. The molecule has 0 aliphatic carbocycles. The molecule has 2 amide bonds. The summed E-state index contributed by atoms with van der Waals surface area (Å²) in [6, 6.07) is -0.297. The smallest absolute Gasteiger partial charge is 0.315 e. The van der Waals surface area contributed by atoms with Crippen LogP contribution in [-0.4, -0.2) is 33.8 Å². The van der Waals surface area contributed by atoms with Gasteiger partial charge in [-0.2, -0.15) is 5.10 Å². The van der Waals surface area contributed by atoms with Crippen LogP contribution >= 0.6 is 0 Å². The number of rotatable bonds is 8. The lowest BCUT2D eigenvalue weighted by Crippen LogP contribution is -2.38. The maximum absolute atomic E-state index is 11.7. The highest BCUT2D eigenvalue weighted by atomic mass is 16.4. The number of carbonyl (C=O) groups is 2. The van der Waals surface area contributed by atoms with Gasteiger partial charge in [0, 0.05) is 30.8 Å². The van der Waals surface area contributed by atoms with Gasteiger partial charge in [-0.1, -0.05) is 13.8 Å². The van der Waals surface area contributed by atoms with Crippen molar-refractivity contribution in [3.05, 3.63) is 17.5 Å². The van der Waals surface area contributed by atoms with Crippen molar-refractivity contribution in [1.82, 2.24) is 20.8 Å². The molecule has 1 rings (SSSR count). The highest BCUT2D eigenvalue weighted by molar-refractivity contribution is 5.74. The van der Waals surface area contributed by atoms with Gasteiger partial charge in [0.15, 0.2) is 0 Å². The van der Waals surface area contributed by atoms with Crippen molar-refractivity contribution in [1.29, 1.82) is 0 Å². The van der Waals surface area contributed by atoms with Crippen molar-refractivity contribution in [2.24, 2.45) is 11.8 Å². The minimum Gasteiger partial charge on any atom is -0.481 e. The summed E-state index contributed by atoms with van der Waals surface area (Å²) in [6.07, 6.45) is 2.51. The van der Waals surface area contributed by atoms with Crippen LogP contribution in [0.3, 0.4) is 0 Å². The van der Waals surface area contributed by atoms with Gasteiger partial charge in [-0.3, -0.25) is 9.89 Å². The Hall–Kier alpha value is -2.05. The van der Waals surface area contributed by atoms with Crippen molar-refractivity contribution < 1.29 is 14.7 Å². The molecule has 7 nitrogen and oxygen atoms in total. The van der Waals surface area contributed by atoms with E-state index in [4.69, 9.17) is 5.11 Å². The van der Waals surface area contributed by atoms with E-state index in [0.29, 0.717) is 19.0 Å². The third-order valence-corrected chi connectivity index (χ3v) is 3.19. The number of hydrogen-bond acceptors (Lipinski definition) is 3. The first-order valence-corrected chi connectivity index (χ1v) is 7.10. The molecule has 118 valence electrons. The Morgan fingerprint density at radius 2 is 2.10 bits per heavy atom. The van der Waals surface area contributed by atoms with Gasteiger partial charge in [-0.25, -0.2) is 4.79 Å². The number of hydrogen-bond donors (Lipinski definition) is 4. The number of carboxylic acid groups (broad SMARTS) is 1. The highest BCUT2D eigenvalue weighted by Crippen LogP contribution is 2.14. The lowest BCUT2D eigenvalue weighted by atomic mass is 9.94. The molecule has 0 saturated carbocycles. The fourth-order valence-electron chi connectivity index (χ4n) is 2.18. The van der Waals surface area contributed by atoms with Gasteiger partial charge in [0.2, 0.25) is 0 Å². The predicted octanol–water partition coefficient (Wildman–Crippen LogP) is 1.65. The van der Waals surface area contributed by atoms with Gasteiger partial charge in [-0.05, 0) is 25.2 Å². The number of nitrogens with zero attached hydrogens (tertiary/aromatic N) is 1. The van der Waals surface area contributed by atoms with E-state index in [1.807, 2.05) is 20.8 Å². The lowest BCUT2D eigenvalue weighted by molar-refractivity contribution is -0.138. The van der Waals surface area contributed by atoms with Crippen LogP contribution in [0.25, 0.3) is 0 Å². The SMILES string of the molecule is Cc1[nH]ncc1CNC(=O)NCC(CC(=O)O)CC(C)C. The molecule has 4 N–H and O–H groups in total. The van der Waals surface area contributed by atoms with Crippen LogP contribution in [0.4, 0.5) is 4.79 Å². The van der Waals surface area contributed by atoms with Crippen LogP contribution in [0.2, 0.25) is 0 Å². The zero-order valence-corrected chi connectivity index (χ0v) is 12.8. The number of aliphatic carboxylic acids is 1. The number of aromatic amines is 1. The van der Waals surface area contributed by atoms with Crippen molar-refractivity contribution in [2.75, 3.05) is 6.54 Å². The molecule has 1 atom stereocenters. The Balaban J connectivity index is 2.35. The van der Waals surface area contributed by atoms with Crippen LogP contribution in [0, 0.1) is 18.8 Å². The summed E-state index contributed by atoms with van der Waals surface area (Å²) in [4.78, 5) is 22.5. The van der Waals surface area contributed by atoms with Crippen molar-refractivity contribution in [3.8, 4) is 0 Å². The summed E-state index contributed by atoms with van der Waals surface area (Å²) in [5, 5.41) is 21.0. The Labute approximate surface area is 124 Å². The van der Waals surface area contributed by atoms with E-state index in [2.05, 4.69) is 20.8 Å². The van der Waals surface area contributed by atoms with Crippen molar-refractivity contribution >= 4 is 12.0 Å². The first-order valence-electron chi connectivity index (χ1n) is 7.10. The van der Waals surface area contributed by atoms with Gasteiger partial charge in [0.05, 0.1) is 6.20 Å². The number of carboxylic acids is 1. The van der Waals surface area contributed by atoms with Crippen LogP contribution in [0.1, 0.15) is 37.9 Å². The van der Waals surface area contributed by atoms with Gasteiger partial charge in [0.25, 0.3) is 0 Å². The second kappa shape index (κ2) is 8.28. The monoisotopic (exact) mass is 296 g/mol. The van der Waals surface area contributed by atoms with E-state index >= 15 is 0 Å². The largest absolute Gasteiger partial charge is 0.481 e. The Morgan fingerprint density at radius 1 is 1.38 bits per heavy atom. The van der Waals surface area contributed by atoms with Gasteiger partial charge >= 0.3 is 12.0 Å². The van der Waals surface area contributed by atoms with Gasteiger partial charge in [0.1, 0.15) is 0 Å². The van der Waals surface area contributed by atoms with E-state index in [-0.39, 0.29) is 18.4 Å². The Kier molecular flexibility index (Phi) is 6.71. The number of urea groups is 1. The molecule has 0 aliphatic rings. The molecule has 7 heteroatoms. The van der Waals surface area contributed by atoms with E-state index < -0.39 is 5.97 Å². The Bertz CT molecular complexity index is 471. The quantitative estimate of drug-likeness (QED) is 0.585. The molecule has 1 unspecified atom stereocenters. The molecule has 1 aromatic heterocycles. The molecule has 0 fully saturated rings. The van der Waals surface area contributed by atoms with E-state index in [0.717, 1.165) is 17.7 Å². The summed E-state index contributed by atoms with van der Waals surface area (Å²) in [5.41, 5.74) is 1.84. The standard InChI is InChI=1S/C14H24N4O3/c1-9(2)4-11(5-13(19)20)6-15-14(21)16-7-12-8-17-18-10(12)3/h8-9,11H,4-7H2,1-3H3,(H,17,18)(H,19,20)(H2,15,16,21). The number of carbonyl (C=O) groups excluding carboxylic acids is 1. The molecule has 0 bridgehead atoms. The molecular formula is C14H24N4O3. The number of aromatic nitrogens is 2. The van der Waals surface area contributed by atoms with Crippen LogP contribution in [-0.2, 0) is 11.3 Å². The molecule has 0 saturated heterocycles. The maximum atomic E-state index is 11.7. The summed E-state index contributed by atoms with van der Waals surface area (Å²) >= 11 is 0. The van der Waals surface area contributed by atoms with Gasteiger partial charge < -0.3 is 15.7 Å². The van der Waals surface area contributed by atoms with Crippen LogP contribution in [0.5, 0.6) is 0 Å². The molecular weight excluding hydrogens is 272 g/mol. The van der Waals surface area contributed by atoms with Crippen LogP contribution < -0.4 is 10.6 Å². The fraction of sp³-hybridized carbons (Fsp3) is 0.643. The Morgan fingerprint density at radius 3 is 2.62 bits per heavy atom. The van der Waals surface area contributed by atoms with Crippen LogP contribution in [0.15, 0.2) is 6.20 Å². The van der Waals surface area contributed by atoms with Crippen molar-refractivity contribution in [3.63, 3.8) is 0 Å². The zero-order chi connectivity index (χ0) is 15.8. The fourth-order valence-corrected chi connectivity index (χ4v) is 2.18. The average Bonchev–Trinajstić information content (AvgIpc) is 2.77. The molecule has 0 aliphatic heterocycles. The predicted molar refractivity (Wildman–Crippen MR) is 78.8 cm³/mol. The number of H-pyrrole nitrogens is 1. The molecule has 1 aromatic rings. The second-order valence-corrected chi connectivity index (χ2v) is 5.68. The van der Waals surface area contributed by atoms with E-state index in [1.54, 1.807) is 6.20 Å². The lowest BCUT2D eigenvalue weighted by Gasteiger charge is -2.18. The number of amides is 2. The molecule has 0 radical (unpaired) electrons. The molecule has 1 heterocycles. The number of aryl methyl sites for hydroxylation is 1. The zero-order valence-electron chi connectivity index (χ0n) is 12.8. The summed E-state index contributed by atoms with van der Waals surface area (Å²) in [5.74, 6) is -0.492. The van der Waals surface area contributed by atoms with E-state index in [1.165, 1.54) is 0 Å². The molecule has 0 spiro atoms. The third-order valence-electron chi connectivity index (χ3n) is 3.19. The topological polar surface area (TPSA) is 107 Å². The summed E-state index contributed by atoms with van der Waals surface area (Å²) in [6.45, 7) is 6.71. The normalized spacial score (nSPS) is 12.2. The van der Waals surface area contributed by atoms with E-state index in [9.17, 15) is 9.59 Å². The molecule has 0 aromatic carbocycles. The average molecular weight is 296 g/mol. The first kappa shape index (κ1) is 17.0. The van der Waals surface area contributed by atoms with Gasteiger partial charge in [-0.15, -0.1) is 0 Å². The summed E-state index contributed by atoms with van der Waals surface area (Å²) in [7, 11) is 0. The van der Waals surface area contributed by atoms with Crippen molar-refractivity contribution in [2.45, 2.75) is 40.2 Å². The molecule has 21 heavy (non-hydrogen) atoms. The third kappa shape index (κ3) is 6.78. The minimum absolute atomic E-state index is 0.0519. The maximum Gasteiger partial charge on any atom is 0.315 e. The summed E-state index contributed by atoms with van der Waals surface area (Å²) < 4.78 is 0.